The van der Waals surface area contributed by atoms with Crippen LogP contribution in [0.2, 0.25) is 0 Å². The van der Waals surface area contributed by atoms with Crippen LogP contribution in [0.1, 0.15) is 12.8 Å². The highest BCUT2D eigenvalue weighted by Crippen LogP contribution is 2.38. The lowest BCUT2D eigenvalue weighted by molar-refractivity contribution is 0.0438. The van der Waals surface area contributed by atoms with Gasteiger partial charge in [-0.1, -0.05) is 0 Å². The fraction of sp³-hybridized carbons (Fsp3) is 0.389. The summed E-state index contributed by atoms with van der Waals surface area (Å²) in [5.41, 5.74) is 0.0122. The number of ether oxygens (including phenoxy) is 1. The van der Waals surface area contributed by atoms with Crippen molar-refractivity contribution in [3.63, 3.8) is 0 Å². The number of nitrogens with one attached hydrogen (secondary N) is 2. The highest BCUT2D eigenvalue weighted by atomic mass is 16.5. The second kappa shape index (κ2) is 8.11. The highest BCUT2D eigenvalue weighted by Gasteiger charge is 2.45. The molecular weight excluding hydrogens is 336 g/mol. The summed E-state index contributed by atoms with van der Waals surface area (Å²) in [6, 6.07) is 6.62. The van der Waals surface area contributed by atoms with Gasteiger partial charge in [0.15, 0.2) is 0 Å². The number of aliphatic hydroxyl groups excluding tert-OH is 2. The zero-order chi connectivity index (χ0) is 18.4. The third kappa shape index (κ3) is 4.68. The molecule has 0 spiro atoms. The van der Waals surface area contributed by atoms with Gasteiger partial charge in [-0.15, -0.1) is 0 Å². The summed E-state index contributed by atoms with van der Waals surface area (Å²) in [7, 11) is 0. The van der Waals surface area contributed by atoms with E-state index in [1.54, 1.807) is 49.1 Å². The molecule has 0 radical (unpaired) electrons. The number of aromatic nitrogens is 2. The number of urea groups is 1. The number of carbonyl (C=O) groups is 1. The molecule has 4 N–H and O–H groups in total. The number of rotatable bonds is 6. The molecule has 26 heavy (non-hydrogen) atoms. The number of amides is 2. The van der Waals surface area contributed by atoms with Crippen molar-refractivity contribution in [3.05, 3.63) is 49.1 Å². The second-order valence-electron chi connectivity index (χ2n) is 6.57. The first kappa shape index (κ1) is 18.1. The van der Waals surface area contributed by atoms with E-state index in [1.165, 1.54) is 0 Å². The van der Waals surface area contributed by atoms with Crippen LogP contribution >= 0.6 is 0 Å². The smallest absolute Gasteiger partial charge is 0.319 e. The van der Waals surface area contributed by atoms with Crippen molar-refractivity contribution in [2.75, 3.05) is 18.5 Å². The van der Waals surface area contributed by atoms with E-state index in [1.807, 2.05) is 0 Å². The van der Waals surface area contributed by atoms with E-state index in [0.29, 0.717) is 24.3 Å². The van der Waals surface area contributed by atoms with Gasteiger partial charge in [-0.2, -0.15) is 0 Å². The van der Waals surface area contributed by atoms with Crippen molar-refractivity contribution in [1.82, 2.24) is 15.3 Å². The van der Waals surface area contributed by atoms with E-state index >= 15 is 0 Å². The minimum absolute atomic E-state index is 0.250. The Bertz CT molecular complexity index is 704. The van der Waals surface area contributed by atoms with Crippen LogP contribution in [-0.4, -0.2) is 51.6 Å². The van der Waals surface area contributed by atoms with E-state index in [2.05, 4.69) is 20.6 Å². The Morgan fingerprint density at radius 1 is 1.15 bits per heavy atom. The second-order valence-corrected chi connectivity index (χ2v) is 6.57. The van der Waals surface area contributed by atoms with Gasteiger partial charge in [0, 0.05) is 24.4 Å². The van der Waals surface area contributed by atoms with Crippen molar-refractivity contribution in [1.29, 1.82) is 0 Å². The molecular formula is C18H22N4O4. The van der Waals surface area contributed by atoms with Crippen molar-refractivity contribution in [2.24, 2.45) is 5.41 Å². The monoisotopic (exact) mass is 358 g/mol. The Hall–Kier alpha value is -2.71. The molecule has 0 saturated heterocycles. The van der Waals surface area contributed by atoms with Gasteiger partial charge < -0.3 is 25.6 Å². The molecule has 2 heterocycles. The molecule has 1 aliphatic carbocycles. The average molecular weight is 358 g/mol. The number of carbonyl (C=O) groups excluding carboxylic acids is 1. The summed E-state index contributed by atoms with van der Waals surface area (Å²) in [5, 5.41) is 25.4. The molecule has 2 aromatic heterocycles. The molecule has 2 atom stereocenters. The summed E-state index contributed by atoms with van der Waals surface area (Å²) in [6.07, 6.45) is 5.41. The first-order valence-electron chi connectivity index (χ1n) is 8.40. The van der Waals surface area contributed by atoms with Gasteiger partial charge in [-0.05, 0) is 37.1 Å². The lowest BCUT2D eigenvalue weighted by atomic mass is 9.86. The molecule has 3 rings (SSSR count). The van der Waals surface area contributed by atoms with Crippen molar-refractivity contribution < 1.29 is 19.7 Å². The van der Waals surface area contributed by atoms with Crippen LogP contribution in [0.25, 0.3) is 0 Å². The van der Waals surface area contributed by atoms with Crippen LogP contribution in [0.15, 0.2) is 49.1 Å². The number of anilines is 1. The first-order chi connectivity index (χ1) is 12.6. The quantitative estimate of drug-likeness (QED) is 0.616. The molecule has 0 aliphatic heterocycles. The lowest BCUT2D eigenvalue weighted by Gasteiger charge is -2.29. The van der Waals surface area contributed by atoms with Crippen molar-refractivity contribution in [2.45, 2.75) is 25.0 Å². The first-order valence-corrected chi connectivity index (χ1v) is 8.40. The van der Waals surface area contributed by atoms with Crippen LogP contribution < -0.4 is 15.4 Å². The predicted octanol–water partition coefficient (Wildman–Crippen LogP) is 1.18. The molecule has 8 heteroatoms. The maximum atomic E-state index is 12.1. The fourth-order valence-corrected chi connectivity index (χ4v) is 3.10. The normalized spacial score (nSPS) is 24.8. The highest BCUT2D eigenvalue weighted by molar-refractivity contribution is 5.88. The van der Waals surface area contributed by atoms with E-state index < -0.39 is 17.6 Å². The van der Waals surface area contributed by atoms with E-state index in [9.17, 15) is 15.0 Å². The Kier molecular flexibility index (Phi) is 5.65. The van der Waals surface area contributed by atoms with E-state index in [4.69, 9.17) is 4.74 Å². The van der Waals surface area contributed by atoms with Crippen molar-refractivity contribution >= 4 is 11.7 Å². The summed E-state index contributed by atoms with van der Waals surface area (Å²) in [6.45, 7) is 0.507. The van der Waals surface area contributed by atoms with E-state index in [-0.39, 0.29) is 19.2 Å². The topological polar surface area (TPSA) is 117 Å². The van der Waals surface area contributed by atoms with Crippen LogP contribution in [0.5, 0.6) is 5.75 Å². The standard InChI is InChI=1S/C18H22N4O4/c23-15-7-18(8-16(15)24,12-26-14-4-2-6-20-10-14)11-21-17(25)22-13-3-1-5-19-9-13/h1-6,9-10,15-16,23-24H,7-8,11-12H2,(H2,21,22,25). The SMILES string of the molecule is O=C(NCC1(COc2cccnc2)CC(O)C(O)C1)Nc1cccnc1. The Labute approximate surface area is 151 Å². The number of pyridine rings is 2. The molecule has 1 fully saturated rings. The minimum Gasteiger partial charge on any atom is -0.491 e. The number of aliphatic hydroxyl groups is 2. The molecule has 2 amide bonds. The van der Waals surface area contributed by atoms with Gasteiger partial charge in [-0.25, -0.2) is 4.79 Å². The Morgan fingerprint density at radius 2 is 1.85 bits per heavy atom. The van der Waals surface area contributed by atoms with Crippen LogP contribution in [-0.2, 0) is 0 Å². The van der Waals surface area contributed by atoms with Gasteiger partial charge in [0.2, 0.25) is 0 Å². The third-order valence-corrected chi connectivity index (χ3v) is 4.45. The fourth-order valence-electron chi connectivity index (χ4n) is 3.10. The molecule has 8 nitrogen and oxygen atoms in total. The Balaban J connectivity index is 1.60. The van der Waals surface area contributed by atoms with Gasteiger partial charge in [0.1, 0.15) is 5.75 Å². The molecule has 138 valence electrons. The molecule has 1 aliphatic rings. The molecule has 1 saturated carbocycles. The molecule has 2 aromatic rings. The van der Waals surface area contributed by atoms with Gasteiger partial charge >= 0.3 is 6.03 Å². The van der Waals surface area contributed by atoms with Gasteiger partial charge in [0.05, 0.1) is 36.9 Å². The molecule has 0 bridgehead atoms. The number of hydrogen-bond acceptors (Lipinski definition) is 6. The van der Waals surface area contributed by atoms with Crippen LogP contribution in [0, 0.1) is 5.41 Å². The number of hydrogen-bond donors (Lipinski definition) is 4. The maximum Gasteiger partial charge on any atom is 0.319 e. The third-order valence-electron chi connectivity index (χ3n) is 4.45. The summed E-state index contributed by atoms with van der Waals surface area (Å²) in [4.78, 5) is 20.1. The average Bonchev–Trinajstić information content (AvgIpc) is 2.95. The van der Waals surface area contributed by atoms with Gasteiger partial charge in [-0.3, -0.25) is 9.97 Å². The van der Waals surface area contributed by atoms with Crippen LogP contribution in [0.4, 0.5) is 10.5 Å². The van der Waals surface area contributed by atoms with Crippen molar-refractivity contribution in [3.8, 4) is 5.75 Å². The zero-order valence-electron chi connectivity index (χ0n) is 14.2. The lowest BCUT2D eigenvalue weighted by Crippen LogP contribution is -2.42. The summed E-state index contributed by atoms with van der Waals surface area (Å²) < 4.78 is 5.77. The maximum absolute atomic E-state index is 12.1. The largest absolute Gasteiger partial charge is 0.491 e. The predicted molar refractivity (Wildman–Crippen MR) is 94.7 cm³/mol. The summed E-state index contributed by atoms with van der Waals surface area (Å²) >= 11 is 0. The molecule has 0 aromatic carbocycles. The molecule has 2 unspecified atom stereocenters. The zero-order valence-corrected chi connectivity index (χ0v) is 14.2. The number of nitrogens with zero attached hydrogens (tertiary/aromatic N) is 2. The summed E-state index contributed by atoms with van der Waals surface area (Å²) in [5.74, 6) is 0.600. The Morgan fingerprint density at radius 3 is 2.46 bits per heavy atom. The van der Waals surface area contributed by atoms with Gasteiger partial charge in [0.25, 0.3) is 0 Å². The van der Waals surface area contributed by atoms with E-state index in [0.717, 1.165) is 0 Å². The van der Waals surface area contributed by atoms with Crippen LogP contribution in [0.3, 0.4) is 0 Å². The minimum atomic E-state index is -0.837.